The third kappa shape index (κ3) is 4.03. The predicted octanol–water partition coefficient (Wildman–Crippen LogP) is 2.93. The van der Waals surface area contributed by atoms with E-state index in [1.807, 2.05) is 12.1 Å². The van der Waals surface area contributed by atoms with E-state index in [2.05, 4.69) is 26.1 Å². The second-order valence-electron chi connectivity index (χ2n) is 4.90. The lowest BCUT2D eigenvalue weighted by Gasteiger charge is -2.20. The van der Waals surface area contributed by atoms with Gasteiger partial charge in [0.2, 0.25) is 5.75 Å². The van der Waals surface area contributed by atoms with Crippen LogP contribution in [0.5, 0.6) is 17.2 Å². The van der Waals surface area contributed by atoms with Crippen molar-refractivity contribution < 1.29 is 14.6 Å². The Morgan fingerprint density at radius 1 is 1.16 bits per heavy atom. The van der Waals surface area contributed by atoms with Gasteiger partial charge in [-0.05, 0) is 30.5 Å². The van der Waals surface area contributed by atoms with Crippen molar-refractivity contribution in [3.63, 3.8) is 0 Å². The molecule has 1 rings (SSSR count). The van der Waals surface area contributed by atoms with Gasteiger partial charge in [-0.2, -0.15) is 0 Å². The molecule has 2 unspecified atom stereocenters. The summed E-state index contributed by atoms with van der Waals surface area (Å²) >= 11 is 0. The van der Waals surface area contributed by atoms with Gasteiger partial charge >= 0.3 is 0 Å². The van der Waals surface area contributed by atoms with Gasteiger partial charge in [-0.25, -0.2) is 0 Å². The summed E-state index contributed by atoms with van der Waals surface area (Å²) in [5.41, 5.74) is 1.03. The van der Waals surface area contributed by atoms with Crippen molar-refractivity contribution in [2.45, 2.75) is 39.8 Å². The summed E-state index contributed by atoms with van der Waals surface area (Å²) in [6, 6.07) is 4.10. The Morgan fingerprint density at radius 2 is 1.68 bits per heavy atom. The standard InChI is InChI=1S/C15H25NO3/c1-6-10(2)11(3)16-9-12-7-13(18-4)15(17)14(8-12)19-5/h7-8,10-11,16-17H,6,9H2,1-5H3. The topological polar surface area (TPSA) is 50.7 Å². The number of aromatic hydroxyl groups is 1. The van der Waals surface area contributed by atoms with Crippen molar-refractivity contribution in [2.24, 2.45) is 5.92 Å². The molecule has 0 aliphatic rings. The molecule has 0 heterocycles. The number of phenolic OH excluding ortho intramolecular Hbond substituents is 1. The van der Waals surface area contributed by atoms with Crippen LogP contribution in [0.1, 0.15) is 32.8 Å². The number of methoxy groups -OCH3 is 2. The van der Waals surface area contributed by atoms with E-state index >= 15 is 0 Å². The summed E-state index contributed by atoms with van der Waals surface area (Å²) in [5.74, 6) is 1.55. The fourth-order valence-electron chi connectivity index (χ4n) is 1.88. The molecular formula is C15H25NO3. The lowest BCUT2D eigenvalue weighted by Crippen LogP contribution is -2.31. The molecular weight excluding hydrogens is 242 g/mol. The summed E-state index contributed by atoms with van der Waals surface area (Å²) in [4.78, 5) is 0. The first-order chi connectivity index (χ1) is 9.03. The molecule has 0 fully saturated rings. The number of ether oxygens (including phenoxy) is 2. The highest BCUT2D eigenvalue weighted by molar-refractivity contribution is 5.52. The number of nitrogens with one attached hydrogen (secondary N) is 1. The average Bonchev–Trinajstić information content (AvgIpc) is 2.44. The number of rotatable bonds is 7. The van der Waals surface area contributed by atoms with E-state index in [0.717, 1.165) is 18.5 Å². The quantitative estimate of drug-likeness (QED) is 0.797. The Bertz CT molecular complexity index is 381. The number of hydrogen-bond acceptors (Lipinski definition) is 4. The molecule has 1 aromatic carbocycles. The second-order valence-corrected chi connectivity index (χ2v) is 4.90. The Hall–Kier alpha value is -1.42. The average molecular weight is 267 g/mol. The van der Waals surface area contributed by atoms with Gasteiger partial charge in [0.1, 0.15) is 0 Å². The molecule has 2 N–H and O–H groups in total. The molecule has 0 aromatic heterocycles. The van der Waals surface area contributed by atoms with Crippen LogP contribution in [0.25, 0.3) is 0 Å². The molecule has 0 aliphatic heterocycles. The highest BCUT2D eigenvalue weighted by atomic mass is 16.5. The van der Waals surface area contributed by atoms with Crippen molar-refractivity contribution in [3.8, 4) is 17.2 Å². The molecule has 0 spiro atoms. The zero-order valence-corrected chi connectivity index (χ0v) is 12.5. The van der Waals surface area contributed by atoms with Crippen LogP contribution in [-0.2, 0) is 6.54 Å². The van der Waals surface area contributed by atoms with Gasteiger partial charge in [0, 0.05) is 12.6 Å². The lowest BCUT2D eigenvalue weighted by molar-refractivity contribution is 0.338. The van der Waals surface area contributed by atoms with Crippen LogP contribution in [0, 0.1) is 5.92 Å². The Morgan fingerprint density at radius 3 is 2.11 bits per heavy atom. The van der Waals surface area contributed by atoms with Crippen molar-refractivity contribution in [2.75, 3.05) is 14.2 Å². The van der Waals surface area contributed by atoms with E-state index < -0.39 is 0 Å². The van der Waals surface area contributed by atoms with E-state index in [-0.39, 0.29) is 5.75 Å². The maximum Gasteiger partial charge on any atom is 0.200 e. The minimum absolute atomic E-state index is 0.0451. The molecule has 108 valence electrons. The van der Waals surface area contributed by atoms with Crippen LogP contribution in [0.3, 0.4) is 0 Å². The molecule has 4 nitrogen and oxygen atoms in total. The summed E-state index contributed by atoms with van der Waals surface area (Å²) in [5, 5.41) is 13.3. The summed E-state index contributed by atoms with van der Waals surface area (Å²) in [6.07, 6.45) is 1.15. The third-order valence-corrected chi connectivity index (χ3v) is 3.67. The van der Waals surface area contributed by atoms with E-state index in [1.54, 1.807) is 0 Å². The summed E-state index contributed by atoms with van der Waals surface area (Å²) in [6.45, 7) is 7.33. The van der Waals surface area contributed by atoms with Gasteiger partial charge in [-0.15, -0.1) is 0 Å². The van der Waals surface area contributed by atoms with E-state index in [9.17, 15) is 5.11 Å². The van der Waals surface area contributed by atoms with Crippen molar-refractivity contribution in [1.82, 2.24) is 5.32 Å². The molecule has 4 heteroatoms. The first kappa shape index (κ1) is 15.6. The predicted molar refractivity (Wildman–Crippen MR) is 77.0 cm³/mol. The highest BCUT2D eigenvalue weighted by Crippen LogP contribution is 2.37. The summed E-state index contributed by atoms with van der Waals surface area (Å²) < 4.78 is 10.3. The maximum absolute atomic E-state index is 9.85. The molecule has 19 heavy (non-hydrogen) atoms. The Kier molecular flexibility index (Phi) is 5.96. The molecule has 0 saturated heterocycles. The fraction of sp³-hybridized carbons (Fsp3) is 0.600. The molecule has 2 atom stereocenters. The SMILES string of the molecule is CCC(C)C(C)NCc1cc(OC)c(O)c(OC)c1. The van der Waals surface area contributed by atoms with Crippen LogP contribution >= 0.6 is 0 Å². The molecule has 1 aromatic rings. The number of phenols is 1. The zero-order valence-electron chi connectivity index (χ0n) is 12.5. The van der Waals surface area contributed by atoms with Gasteiger partial charge < -0.3 is 19.9 Å². The maximum atomic E-state index is 9.85. The van der Waals surface area contributed by atoms with E-state index in [1.165, 1.54) is 14.2 Å². The first-order valence-corrected chi connectivity index (χ1v) is 6.70. The Balaban J connectivity index is 2.78. The van der Waals surface area contributed by atoms with Gasteiger partial charge in [0.15, 0.2) is 11.5 Å². The highest BCUT2D eigenvalue weighted by Gasteiger charge is 2.13. The molecule has 0 aliphatic carbocycles. The van der Waals surface area contributed by atoms with Crippen molar-refractivity contribution in [1.29, 1.82) is 0 Å². The van der Waals surface area contributed by atoms with Gasteiger partial charge in [-0.1, -0.05) is 20.3 Å². The second kappa shape index (κ2) is 7.24. The van der Waals surface area contributed by atoms with Crippen LogP contribution < -0.4 is 14.8 Å². The van der Waals surface area contributed by atoms with E-state index in [0.29, 0.717) is 23.5 Å². The minimum Gasteiger partial charge on any atom is -0.502 e. The third-order valence-electron chi connectivity index (χ3n) is 3.67. The fourth-order valence-corrected chi connectivity index (χ4v) is 1.88. The van der Waals surface area contributed by atoms with E-state index in [4.69, 9.17) is 9.47 Å². The van der Waals surface area contributed by atoms with Crippen LogP contribution in [0.15, 0.2) is 12.1 Å². The lowest BCUT2D eigenvalue weighted by atomic mass is 10.0. The summed E-state index contributed by atoms with van der Waals surface area (Å²) in [7, 11) is 3.07. The smallest absolute Gasteiger partial charge is 0.200 e. The first-order valence-electron chi connectivity index (χ1n) is 6.70. The zero-order chi connectivity index (χ0) is 14.4. The molecule has 0 saturated carbocycles. The largest absolute Gasteiger partial charge is 0.502 e. The molecule has 0 amide bonds. The van der Waals surface area contributed by atoms with Crippen molar-refractivity contribution in [3.05, 3.63) is 17.7 Å². The monoisotopic (exact) mass is 267 g/mol. The number of benzene rings is 1. The van der Waals surface area contributed by atoms with Crippen molar-refractivity contribution >= 4 is 0 Å². The van der Waals surface area contributed by atoms with Gasteiger partial charge in [0.05, 0.1) is 14.2 Å². The van der Waals surface area contributed by atoms with Gasteiger partial charge in [0.25, 0.3) is 0 Å². The molecule has 0 bridgehead atoms. The van der Waals surface area contributed by atoms with Crippen LogP contribution in [-0.4, -0.2) is 25.4 Å². The normalized spacial score (nSPS) is 13.9. The minimum atomic E-state index is 0.0451. The molecule has 0 radical (unpaired) electrons. The van der Waals surface area contributed by atoms with Crippen LogP contribution in [0.4, 0.5) is 0 Å². The van der Waals surface area contributed by atoms with Crippen LogP contribution in [0.2, 0.25) is 0 Å². The van der Waals surface area contributed by atoms with Gasteiger partial charge in [-0.3, -0.25) is 0 Å². The Labute approximate surface area is 115 Å². The number of hydrogen-bond donors (Lipinski definition) is 2.